The minimum Gasteiger partial charge on any atom is -0.344 e. The van der Waals surface area contributed by atoms with Crippen LogP contribution in [0.4, 0.5) is 3.89 Å². The highest BCUT2D eigenvalue weighted by molar-refractivity contribution is 7.86. The average molecular weight is 246 g/mol. The first-order valence-corrected chi connectivity index (χ1v) is 6.13. The fraction of sp³-hybridized carbons (Fsp3) is 0.400. The predicted octanol–water partition coefficient (Wildman–Crippen LogP) is 1.56. The molecule has 0 spiro atoms. The highest BCUT2D eigenvalue weighted by Gasteiger charge is 2.33. The molecule has 1 aromatic rings. The Kier molecular flexibility index (Phi) is 2.73. The van der Waals surface area contributed by atoms with E-state index in [0.717, 1.165) is 0 Å². The van der Waals surface area contributed by atoms with E-state index in [0.29, 0.717) is 18.8 Å². The Morgan fingerprint density at radius 2 is 1.69 bits per heavy atom. The quantitative estimate of drug-likeness (QED) is 0.743. The maximum Gasteiger partial charge on any atom is 0.332 e. The topological polar surface area (TPSA) is 52.6 Å². The summed E-state index contributed by atoms with van der Waals surface area (Å²) >= 11 is 0. The third kappa shape index (κ3) is 2.09. The van der Waals surface area contributed by atoms with E-state index in [-0.39, 0.29) is 4.90 Å². The van der Waals surface area contributed by atoms with Crippen LogP contribution in [0.5, 0.6) is 0 Å². The summed E-state index contributed by atoms with van der Waals surface area (Å²) in [6.45, 7) is 2.71. The molecule has 2 rings (SSSR count). The fourth-order valence-corrected chi connectivity index (χ4v) is 2.06. The second-order valence-corrected chi connectivity index (χ2v) is 4.95. The molecule has 1 fully saturated rings. The zero-order chi connectivity index (χ0) is 11.8. The van der Waals surface area contributed by atoms with Gasteiger partial charge in [0.25, 0.3) is 0 Å². The zero-order valence-corrected chi connectivity index (χ0v) is 9.46. The number of rotatable bonds is 2. The molecular formula is C10H11FO4S. The van der Waals surface area contributed by atoms with Crippen molar-refractivity contribution in [1.82, 2.24) is 0 Å². The highest BCUT2D eigenvalue weighted by atomic mass is 32.3. The average Bonchev–Trinajstić information content (AvgIpc) is 2.66. The summed E-state index contributed by atoms with van der Waals surface area (Å²) in [4.78, 5) is -0.363. The Morgan fingerprint density at radius 3 is 2.12 bits per heavy atom. The van der Waals surface area contributed by atoms with Gasteiger partial charge >= 0.3 is 10.2 Å². The summed E-state index contributed by atoms with van der Waals surface area (Å²) in [5.41, 5.74) is 0.664. The van der Waals surface area contributed by atoms with E-state index in [4.69, 9.17) is 9.47 Å². The maximum atomic E-state index is 12.6. The van der Waals surface area contributed by atoms with E-state index < -0.39 is 16.0 Å². The van der Waals surface area contributed by atoms with E-state index in [2.05, 4.69) is 0 Å². The number of hydrogen-bond donors (Lipinski definition) is 0. The van der Waals surface area contributed by atoms with Gasteiger partial charge in [-0.1, -0.05) is 12.1 Å². The van der Waals surface area contributed by atoms with Crippen molar-refractivity contribution in [3.8, 4) is 0 Å². The second kappa shape index (κ2) is 3.80. The van der Waals surface area contributed by atoms with Crippen LogP contribution in [0, 0.1) is 0 Å². The lowest BCUT2D eigenvalue weighted by molar-refractivity contribution is -0.149. The molecule has 1 saturated heterocycles. The van der Waals surface area contributed by atoms with Gasteiger partial charge in [-0.3, -0.25) is 0 Å². The van der Waals surface area contributed by atoms with Gasteiger partial charge in [-0.05, 0) is 19.1 Å². The summed E-state index contributed by atoms with van der Waals surface area (Å²) in [6, 6.07) is 5.36. The maximum absolute atomic E-state index is 12.6. The molecule has 0 unspecified atom stereocenters. The van der Waals surface area contributed by atoms with Gasteiger partial charge in [-0.25, -0.2) is 0 Å². The number of ether oxygens (including phenoxy) is 2. The van der Waals surface area contributed by atoms with Crippen molar-refractivity contribution in [2.45, 2.75) is 17.6 Å². The van der Waals surface area contributed by atoms with E-state index in [1.54, 1.807) is 6.92 Å². The summed E-state index contributed by atoms with van der Waals surface area (Å²) in [5, 5.41) is 0. The second-order valence-electron chi connectivity index (χ2n) is 3.60. The SMILES string of the molecule is CC1(c2ccc(S(=O)(=O)F)cc2)OCCO1. The van der Waals surface area contributed by atoms with Gasteiger partial charge in [0.05, 0.1) is 18.1 Å². The van der Waals surface area contributed by atoms with Gasteiger partial charge < -0.3 is 9.47 Å². The molecule has 6 heteroatoms. The third-order valence-corrected chi connectivity index (χ3v) is 3.33. The molecule has 1 aliphatic heterocycles. The molecule has 0 N–H and O–H groups in total. The van der Waals surface area contributed by atoms with Crippen molar-refractivity contribution in [1.29, 1.82) is 0 Å². The Morgan fingerprint density at radius 1 is 1.19 bits per heavy atom. The molecule has 0 radical (unpaired) electrons. The first-order valence-electron chi connectivity index (χ1n) is 4.75. The smallest absolute Gasteiger partial charge is 0.332 e. The van der Waals surface area contributed by atoms with E-state index in [1.165, 1.54) is 24.3 Å². The molecule has 4 nitrogen and oxygen atoms in total. The molecular weight excluding hydrogens is 235 g/mol. The lowest BCUT2D eigenvalue weighted by Gasteiger charge is -2.22. The van der Waals surface area contributed by atoms with Crippen LogP contribution in [0.1, 0.15) is 12.5 Å². The Labute approximate surface area is 93.2 Å². The van der Waals surface area contributed by atoms with Gasteiger partial charge in [-0.2, -0.15) is 8.42 Å². The molecule has 0 atom stereocenters. The molecule has 1 aliphatic rings. The first-order chi connectivity index (χ1) is 7.42. The van der Waals surface area contributed by atoms with Crippen LogP contribution in [0.15, 0.2) is 29.2 Å². The van der Waals surface area contributed by atoms with Crippen molar-refractivity contribution in [3.05, 3.63) is 29.8 Å². The van der Waals surface area contributed by atoms with Crippen LogP contribution < -0.4 is 0 Å². The monoisotopic (exact) mass is 246 g/mol. The normalized spacial score (nSPS) is 19.9. The number of halogens is 1. The van der Waals surface area contributed by atoms with Crippen LogP contribution in [0.25, 0.3) is 0 Å². The molecule has 0 amide bonds. The zero-order valence-electron chi connectivity index (χ0n) is 8.64. The standard InChI is InChI=1S/C10H11FO4S/c1-10(14-6-7-15-10)8-2-4-9(5-3-8)16(11,12)13/h2-5H,6-7H2,1H3. The minimum atomic E-state index is -4.64. The molecule has 0 bridgehead atoms. The fourth-order valence-electron chi connectivity index (χ4n) is 1.60. The largest absolute Gasteiger partial charge is 0.344 e. The molecule has 88 valence electrons. The lowest BCUT2D eigenvalue weighted by atomic mass is 10.1. The van der Waals surface area contributed by atoms with Crippen molar-refractivity contribution < 1.29 is 21.8 Å². The van der Waals surface area contributed by atoms with E-state index in [9.17, 15) is 12.3 Å². The van der Waals surface area contributed by atoms with Crippen LogP contribution in [-0.2, 0) is 25.5 Å². The minimum absolute atomic E-state index is 0.363. The summed E-state index contributed by atoms with van der Waals surface area (Å²) < 4.78 is 44.6. The molecule has 0 saturated carbocycles. The predicted molar refractivity (Wildman–Crippen MR) is 54.0 cm³/mol. The van der Waals surface area contributed by atoms with Crippen molar-refractivity contribution in [3.63, 3.8) is 0 Å². The van der Waals surface area contributed by atoms with Crippen LogP contribution in [0.2, 0.25) is 0 Å². The van der Waals surface area contributed by atoms with Crippen molar-refractivity contribution in [2.24, 2.45) is 0 Å². The summed E-state index contributed by atoms with van der Waals surface area (Å²) in [5.74, 6) is -0.862. The van der Waals surface area contributed by atoms with Gasteiger partial charge in [0.2, 0.25) is 0 Å². The Balaban J connectivity index is 2.33. The third-order valence-electron chi connectivity index (χ3n) is 2.50. The molecule has 0 aromatic heterocycles. The van der Waals surface area contributed by atoms with Gasteiger partial charge in [0, 0.05) is 5.56 Å². The van der Waals surface area contributed by atoms with Gasteiger partial charge in [0.15, 0.2) is 5.79 Å². The van der Waals surface area contributed by atoms with E-state index in [1.807, 2.05) is 0 Å². The summed E-state index contributed by atoms with van der Waals surface area (Å²) in [6.07, 6.45) is 0. The van der Waals surface area contributed by atoms with Crippen LogP contribution in [-0.4, -0.2) is 21.6 Å². The van der Waals surface area contributed by atoms with Crippen LogP contribution >= 0.6 is 0 Å². The van der Waals surface area contributed by atoms with Gasteiger partial charge in [0.1, 0.15) is 0 Å². The molecule has 1 heterocycles. The highest BCUT2D eigenvalue weighted by Crippen LogP contribution is 2.31. The Bertz CT molecular complexity index is 474. The van der Waals surface area contributed by atoms with Crippen LogP contribution in [0.3, 0.4) is 0 Å². The first kappa shape index (κ1) is 11.5. The molecule has 16 heavy (non-hydrogen) atoms. The molecule has 0 aliphatic carbocycles. The molecule has 1 aromatic carbocycles. The Hall–Kier alpha value is -0.980. The number of hydrogen-bond acceptors (Lipinski definition) is 4. The number of benzene rings is 1. The van der Waals surface area contributed by atoms with Crippen molar-refractivity contribution >= 4 is 10.2 Å². The summed E-state index contributed by atoms with van der Waals surface area (Å²) in [7, 11) is -4.64. The van der Waals surface area contributed by atoms with E-state index >= 15 is 0 Å². The van der Waals surface area contributed by atoms with Gasteiger partial charge in [-0.15, -0.1) is 3.89 Å². The lowest BCUT2D eigenvalue weighted by Crippen LogP contribution is -2.22. The van der Waals surface area contributed by atoms with Crippen molar-refractivity contribution in [2.75, 3.05) is 13.2 Å².